The van der Waals surface area contributed by atoms with E-state index in [1.807, 2.05) is 62.6 Å². The fraction of sp³-hybridized carbons (Fsp3) is 0.296. The predicted octanol–water partition coefficient (Wildman–Crippen LogP) is 4.97. The summed E-state index contributed by atoms with van der Waals surface area (Å²) in [5.74, 6) is 0.0224. The van der Waals surface area contributed by atoms with Crippen LogP contribution in [-0.2, 0) is 11.4 Å². The maximum atomic E-state index is 12.0. The van der Waals surface area contributed by atoms with Crippen LogP contribution in [0.2, 0.25) is 0 Å². The van der Waals surface area contributed by atoms with Gasteiger partial charge in [-0.15, -0.1) is 0 Å². The average molecular weight is 431 g/mol. The van der Waals surface area contributed by atoms with Crippen molar-refractivity contribution in [1.29, 1.82) is 0 Å². The van der Waals surface area contributed by atoms with Crippen molar-refractivity contribution in [2.75, 3.05) is 25.5 Å². The molecule has 0 amide bonds. The Hall–Kier alpha value is -3.31. The molecule has 0 aromatic heterocycles. The van der Waals surface area contributed by atoms with Gasteiger partial charge in [0.1, 0.15) is 18.4 Å². The molecule has 1 saturated heterocycles. The van der Waals surface area contributed by atoms with Crippen LogP contribution in [0.15, 0.2) is 78.9 Å². The lowest BCUT2D eigenvalue weighted by molar-refractivity contribution is -0.142. The molecule has 32 heavy (non-hydrogen) atoms. The van der Waals surface area contributed by atoms with E-state index in [1.165, 1.54) is 0 Å². The van der Waals surface area contributed by atoms with Crippen LogP contribution in [0.5, 0.6) is 5.75 Å². The molecule has 166 valence electrons. The second-order valence-corrected chi connectivity index (χ2v) is 8.43. The van der Waals surface area contributed by atoms with E-state index in [0.29, 0.717) is 13.0 Å². The minimum absolute atomic E-state index is 0.193. The van der Waals surface area contributed by atoms with Crippen molar-refractivity contribution in [2.45, 2.75) is 31.5 Å². The number of hydrogen-bond acceptors (Lipinski definition) is 4. The van der Waals surface area contributed by atoms with Gasteiger partial charge >= 0.3 is 5.97 Å². The summed E-state index contributed by atoms with van der Waals surface area (Å²) in [5.41, 5.74) is 4.27. The number of rotatable bonds is 8. The zero-order valence-electron chi connectivity index (χ0n) is 18.6. The highest BCUT2D eigenvalue weighted by Gasteiger charge is 2.37. The molecule has 3 aromatic rings. The highest BCUT2D eigenvalue weighted by molar-refractivity contribution is 5.74. The summed E-state index contributed by atoms with van der Waals surface area (Å²) in [7, 11) is 4.03. The highest BCUT2D eigenvalue weighted by Crippen LogP contribution is 2.39. The van der Waals surface area contributed by atoms with Crippen molar-refractivity contribution in [1.82, 2.24) is 4.90 Å². The molecule has 0 spiro atoms. The van der Waals surface area contributed by atoms with Gasteiger partial charge in [0.2, 0.25) is 0 Å². The molecule has 1 aliphatic heterocycles. The Bertz CT molecular complexity index is 1030. The van der Waals surface area contributed by atoms with Crippen LogP contribution in [0, 0.1) is 0 Å². The number of aliphatic carboxylic acids is 1. The molecule has 1 fully saturated rings. The van der Waals surface area contributed by atoms with Gasteiger partial charge in [0.05, 0.1) is 6.04 Å². The average Bonchev–Trinajstić information content (AvgIpc) is 3.29. The van der Waals surface area contributed by atoms with Crippen molar-refractivity contribution in [3.63, 3.8) is 0 Å². The number of nitrogens with zero attached hydrogens (tertiary/aromatic N) is 2. The summed E-state index contributed by atoms with van der Waals surface area (Å²) in [6.45, 7) is 1.20. The Morgan fingerprint density at radius 3 is 2.41 bits per heavy atom. The lowest BCUT2D eigenvalue weighted by atomic mass is 9.95. The van der Waals surface area contributed by atoms with Gasteiger partial charge in [-0.25, -0.2) is 0 Å². The Balaban J connectivity index is 1.72. The van der Waals surface area contributed by atoms with Gasteiger partial charge in [0.25, 0.3) is 0 Å². The summed E-state index contributed by atoms with van der Waals surface area (Å²) in [6.07, 6.45) is 1.53. The van der Waals surface area contributed by atoms with E-state index in [0.717, 1.165) is 41.1 Å². The minimum atomic E-state index is -0.764. The van der Waals surface area contributed by atoms with E-state index < -0.39 is 12.0 Å². The summed E-state index contributed by atoms with van der Waals surface area (Å²) in [4.78, 5) is 16.2. The number of ether oxygens (including phenoxy) is 1. The van der Waals surface area contributed by atoms with Gasteiger partial charge in [0, 0.05) is 31.9 Å². The first-order chi connectivity index (χ1) is 15.5. The van der Waals surface area contributed by atoms with Crippen molar-refractivity contribution >= 4 is 11.7 Å². The molecule has 1 aliphatic rings. The molecule has 5 heteroatoms. The number of para-hydroxylation sites is 1. The van der Waals surface area contributed by atoms with Crippen LogP contribution in [0.3, 0.4) is 0 Å². The molecular formula is C27H30N2O3. The zero-order chi connectivity index (χ0) is 22.5. The van der Waals surface area contributed by atoms with Crippen LogP contribution in [0.1, 0.15) is 35.6 Å². The predicted molar refractivity (Wildman–Crippen MR) is 127 cm³/mol. The van der Waals surface area contributed by atoms with E-state index in [2.05, 4.69) is 40.1 Å². The number of carboxylic acids is 1. The van der Waals surface area contributed by atoms with Gasteiger partial charge in [-0.2, -0.15) is 0 Å². The van der Waals surface area contributed by atoms with E-state index in [1.54, 1.807) is 0 Å². The first kappa shape index (κ1) is 21.9. The number of benzene rings is 3. The van der Waals surface area contributed by atoms with Gasteiger partial charge < -0.3 is 14.7 Å². The van der Waals surface area contributed by atoms with Crippen LogP contribution >= 0.6 is 0 Å². The molecule has 2 atom stereocenters. The third-order valence-electron chi connectivity index (χ3n) is 6.09. The summed E-state index contributed by atoms with van der Waals surface area (Å²) in [5, 5.41) is 9.89. The molecule has 4 rings (SSSR count). The molecule has 0 saturated carbocycles. The number of hydrogen-bond donors (Lipinski definition) is 1. The molecule has 5 nitrogen and oxygen atoms in total. The SMILES string of the molecule is CN(C)c1ccc(C(c2ccccc2OCc2ccccc2)N2CCCC2C(=O)O)cc1. The van der Waals surface area contributed by atoms with Gasteiger partial charge in [-0.3, -0.25) is 9.69 Å². The lowest BCUT2D eigenvalue weighted by Gasteiger charge is -2.33. The molecule has 2 unspecified atom stereocenters. The second-order valence-electron chi connectivity index (χ2n) is 8.43. The highest BCUT2D eigenvalue weighted by atomic mass is 16.5. The Labute approximate surface area is 189 Å². The van der Waals surface area contributed by atoms with Crippen LogP contribution in [0.4, 0.5) is 5.69 Å². The number of carboxylic acid groups (broad SMARTS) is 1. The molecule has 1 heterocycles. The molecule has 0 aliphatic carbocycles. The Morgan fingerprint density at radius 1 is 1.03 bits per heavy atom. The Kier molecular flexibility index (Phi) is 6.76. The molecule has 1 N–H and O–H groups in total. The normalized spacial score (nSPS) is 17.1. The molecule has 3 aromatic carbocycles. The zero-order valence-corrected chi connectivity index (χ0v) is 18.6. The van der Waals surface area contributed by atoms with Crippen molar-refractivity contribution < 1.29 is 14.6 Å². The maximum Gasteiger partial charge on any atom is 0.320 e. The minimum Gasteiger partial charge on any atom is -0.489 e. The third kappa shape index (κ3) is 4.78. The van der Waals surface area contributed by atoms with Gasteiger partial charge in [0.15, 0.2) is 0 Å². The Morgan fingerprint density at radius 2 is 1.72 bits per heavy atom. The molecule has 0 radical (unpaired) electrons. The monoisotopic (exact) mass is 430 g/mol. The summed E-state index contributed by atoms with van der Waals surface area (Å²) < 4.78 is 6.26. The van der Waals surface area contributed by atoms with Crippen LogP contribution in [0.25, 0.3) is 0 Å². The number of carbonyl (C=O) groups is 1. The summed E-state index contributed by atoms with van der Waals surface area (Å²) >= 11 is 0. The first-order valence-electron chi connectivity index (χ1n) is 11.1. The molecule has 0 bridgehead atoms. The van der Waals surface area contributed by atoms with E-state index in [-0.39, 0.29) is 6.04 Å². The maximum absolute atomic E-state index is 12.0. The molecular weight excluding hydrogens is 400 g/mol. The van der Waals surface area contributed by atoms with Crippen molar-refractivity contribution in [2.24, 2.45) is 0 Å². The second kappa shape index (κ2) is 9.88. The number of anilines is 1. The quantitative estimate of drug-likeness (QED) is 0.547. The van der Waals surface area contributed by atoms with Crippen molar-refractivity contribution in [3.05, 3.63) is 95.6 Å². The smallest absolute Gasteiger partial charge is 0.320 e. The standard InChI is InChI=1S/C27H30N2O3/c1-28(2)22-16-14-21(15-17-22)26(29-18-8-12-24(29)27(30)31)23-11-6-7-13-25(23)32-19-20-9-4-3-5-10-20/h3-7,9-11,13-17,24,26H,8,12,18-19H2,1-2H3,(H,30,31). The number of likely N-dealkylation sites (tertiary alicyclic amines) is 1. The fourth-order valence-corrected chi connectivity index (χ4v) is 4.44. The lowest BCUT2D eigenvalue weighted by Crippen LogP contribution is -2.39. The third-order valence-corrected chi connectivity index (χ3v) is 6.09. The van der Waals surface area contributed by atoms with E-state index >= 15 is 0 Å². The first-order valence-corrected chi connectivity index (χ1v) is 11.1. The largest absolute Gasteiger partial charge is 0.489 e. The van der Waals surface area contributed by atoms with Crippen molar-refractivity contribution in [3.8, 4) is 5.75 Å². The van der Waals surface area contributed by atoms with Gasteiger partial charge in [-0.05, 0) is 42.2 Å². The summed E-state index contributed by atoms with van der Waals surface area (Å²) in [6, 6.07) is 25.8. The van der Waals surface area contributed by atoms with Gasteiger partial charge in [-0.1, -0.05) is 60.7 Å². The van der Waals surface area contributed by atoms with Crippen LogP contribution in [-0.4, -0.2) is 42.7 Å². The van der Waals surface area contributed by atoms with E-state index in [4.69, 9.17) is 4.74 Å². The fourth-order valence-electron chi connectivity index (χ4n) is 4.44. The van der Waals surface area contributed by atoms with E-state index in [9.17, 15) is 9.90 Å². The van der Waals surface area contributed by atoms with Crippen LogP contribution < -0.4 is 9.64 Å². The topological polar surface area (TPSA) is 53.0 Å².